The lowest BCUT2D eigenvalue weighted by Crippen LogP contribution is -2.23. The van der Waals surface area contributed by atoms with Gasteiger partial charge in [-0.3, -0.25) is 0 Å². The van der Waals surface area contributed by atoms with E-state index in [1.807, 2.05) is 0 Å². The Morgan fingerprint density at radius 2 is 2.11 bits per heavy atom. The molecule has 0 spiro atoms. The van der Waals surface area contributed by atoms with Gasteiger partial charge >= 0.3 is 11.9 Å². The molecule has 102 valence electrons. The number of ether oxygens (including phenoxy) is 2. The Balaban J connectivity index is 2.10. The molecule has 0 aliphatic carbocycles. The van der Waals surface area contributed by atoms with Crippen LogP contribution in [0.1, 0.15) is 23.2 Å². The van der Waals surface area contributed by atoms with Crippen molar-refractivity contribution in [3.63, 3.8) is 0 Å². The highest BCUT2D eigenvalue weighted by atomic mass is 16.6. The summed E-state index contributed by atoms with van der Waals surface area (Å²) in [5.41, 5.74) is 0.383. The fraction of sp³-hybridized carbons (Fsp3) is 0.462. The van der Waals surface area contributed by atoms with E-state index in [1.165, 1.54) is 7.11 Å². The van der Waals surface area contributed by atoms with Crippen LogP contribution in [0.15, 0.2) is 18.3 Å². The van der Waals surface area contributed by atoms with Gasteiger partial charge in [0.05, 0.1) is 7.11 Å². The van der Waals surface area contributed by atoms with Crippen LogP contribution in [-0.2, 0) is 14.3 Å². The van der Waals surface area contributed by atoms with E-state index in [0.717, 1.165) is 25.9 Å². The molecule has 0 aromatic carbocycles. The molecule has 1 saturated heterocycles. The number of carbonyl (C=O) groups is 2. The SMILES string of the molecule is COC(=O)COC(=O)c1cccnc1N1CCCC1. The lowest BCUT2D eigenvalue weighted by molar-refractivity contribution is -0.144. The van der Waals surface area contributed by atoms with Gasteiger partial charge in [-0.1, -0.05) is 0 Å². The van der Waals surface area contributed by atoms with Gasteiger partial charge in [0.2, 0.25) is 0 Å². The van der Waals surface area contributed by atoms with Crippen LogP contribution in [0.2, 0.25) is 0 Å². The van der Waals surface area contributed by atoms with Crippen LogP contribution < -0.4 is 4.90 Å². The summed E-state index contributed by atoms with van der Waals surface area (Å²) in [6.45, 7) is 1.38. The first-order valence-electron chi connectivity index (χ1n) is 6.16. The van der Waals surface area contributed by atoms with Crippen molar-refractivity contribution in [1.82, 2.24) is 4.98 Å². The number of esters is 2. The summed E-state index contributed by atoms with van der Waals surface area (Å²) in [5, 5.41) is 0. The third-order valence-electron chi connectivity index (χ3n) is 2.96. The topological polar surface area (TPSA) is 68.7 Å². The summed E-state index contributed by atoms with van der Waals surface area (Å²) in [7, 11) is 1.25. The van der Waals surface area contributed by atoms with E-state index >= 15 is 0 Å². The van der Waals surface area contributed by atoms with Crippen molar-refractivity contribution in [3.8, 4) is 0 Å². The highest BCUT2D eigenvalue weighted by molar-refractivity contribution is 5.95. The number of nitrogens with zero attached hydrogens (tertiary/aromatic N) is 2. The zero-order valence-corrected chi connectivity index (χ0v) is 10.8. The maximum atomic E-state index is 11.9. The highest BCUT2D eigenvalue weighted by Gasteiger charge is 2.21. The standard InChI is InChI=1S/C13H16N2O4/c1-18-11(16)9-19-13(17)10-5-4-6-14-12(10)15-7-2-3-8-15/h4-6H,2-3,7-9H2,1H3. The number of carbonyl (C=O) groups excluding carboxylic acids is 2. The summed E-state index contributed by atoms with van der Waals surface area (Å²) in [6, 6.07) is 3.33. The molecule has 1 aromatic heterocycles. The van der Waals surface area contributed by atoms with Crippen molar-refractivity contribution >= 4 is 17.8 Å². The van der Waals surface area contributed by atoms with Gasteiger partial charge in [-0.05, 0) is 25.0 Å². The van der Waals surface area contributed by atoms with Crippen LogP contribution in [0.25, 0.3) is 0 Å². The molecule has 0 atom stereocenters. The van der Waals surface area contributed by atoms with E-state index in [4.69, 9.17) is 4.74 Å². The zero-order valence-electron chi connectivity index (χ0n) is 10.8. The molecule has 0 radical (unpaired) electrons. The average molecular weight is 264 g/mol. The number of anilines is 1. The molecule has 0 amide bonds. The Bertz CT molecular complexity index is 469. The molecule has 0 saturated carbocycles. The summed E-state index contributed by atoms with van der Waals surface area (Å²) in [4.78, 5) is 29.2. The Morgan fingerprint density at radius 1 is 1.37 bits per heavy atom. The first kappa shape index (κ1) is 13.3. The van der Waals surface area contributed by atoms with Gasteiger partial charge in [-0.15, -0.1) is 0 Å². The lowest BCUT2D eigenvalue weighted by atomic mass is 10.2. The second kappa shape index (κ2) is 6.17. The normalized spacial score (nSPS) is 14.3. The van der Waals surface area contributed by atoms with E-state index in [1.54, 1.807) is 18.3 Å². The third-order valence-corrected chi connectivity index (χ3v) is 2.96. The maximum Gasteiger partial charge on any atom is 0.344 e. The molecule has 2 rings (SSSR count). The van der Waals surface area contributed by atoms with Gasteiger partial charge in [0.15, 0.2) is 6.61 Å². The van der Waals surface area contributed by atoms with Crippen LogP contribution in [0.3, 0.4) is 0 Å². The molecule has 0 unspecified atom stereocenters. The second-order valence-corrected chi connectivity index (χ2v) is 4.22. The average Bonchev–Trinajstić information content (AvgIpc) is 2.98. The van der Waals surface area contributed by atoms with Gasteiger partial charge in [0.1, 0.15) is 11.4 Å². The molecular formula is C13H16N2O4. The van der Waals surface area contributed by atoms with E-state index in [9.17, 15) is 9.59 Å². The minimum absolute atomic E-state index is 0.383. The van der Waals surface area contributed by atoms with Gasteiger partial charge in [-0.2, -0.15) is 0 Å². The van der Waals surface area contributed by atoms with Gasteiger partial charge in [-0.25, -0.2) is 14.6 Å². The number of methoxy groups -OCH3 is 1. The van der Waals surface area contributed by atoms with E-state index in [-0.39, 0.29) is 6.61 Å². The molecule has 19 heavy (non-hydrogen) atoms. The summed E-state index contributed by atoms with van der Waals surface area (Å²) < 4.78 is 9.33. The number of pyridine rings is 1. The van der Waals surface area contributed by atoms with Crippen LogP contribution in [0, 0.1) is 0 Å². The summed E-state index contributed by atoms with van der Waals surface area (Å²) >= 11 is 0. The molecule has 2 heterocycles. The second-order valence-electron chi connectivity index (χ2n) is 4.22. The van der Waals surface area contributed by atoms with Gasteiger partial charge in [0, 0.05) is 19.3 Å². The van der Waals surface area contributed by atoms with E-state index in [2.05, 4.69) is 14.6 Å². The predicted molar refractivity (Wildman–Crippen MR) is 68.0 cm³/mol. The monoisotopic (exact) mass is 264 g/mol. The largest absolute Gasteiger partial charge is 0.466 e. The van der Waals surface area contributed by atoms with Crippen molar-refractivity contribution < 1.29 is 19.1 Å². The van der Waals surface area contributed by atoms with E-state index in [0.29, 0.717) is 11.4 Å². The minimum atomic E-state index is -0.583. The molecule has 0 N–H and O–H groups in total. The third kappa shape index (κ3) is 3.21. The lowest BCUT2D eigenvalue weighted by Gasteiger charge is -2.18. The number of hydrogen-bond donors (Lipinski definition) is 0. The van der Waals surface area contributed by atoms with Crippen molar-refractivity contribution in [2.75, 3.05) is 31.7 Å². The Morgan fingerprint density at radius 3 is 2.79 bits per heavy atom. The summed E-state index contributed by atoms with van der Waals surface area (Å²) in [5.74, 6) is -0.518. The number of aromatic nitrogens is 1. The van der Waals surface area contributed by atoms with Crippen LogP contribution in [0.5, 0.6) is 0 Å². The maximum absolute atomic E-state index is 11.9. The van der Waals surface area contributed by atoms with Crippen LogP contribution >= 0.6 is 0 Å². The molecule has 1 aliphatic rings. The molecule has 6 nitrogen and oxygen atoms in total. The number of rotatable bonds is 4. The molecule has 0 bridgehead atoms. The Hall–Kier alpha value is -2.11. The number of hydrogen-bond acceptors (Lipinski definition) is 6. The van der Waals surface area contributed by atoms with Crippen molar-refractivity contribution in [1.29, 1.82) is 0 Å². The fourth-order valence-electron chi connectivity index (χ4n) is 2.00. The van der Waals surface area contributed by atoms with Crippen molar-refractivity contribution in [2.45, 2.75) is 12.8 Å². The van der Waals surface area contributed by atoms with Crippen LogP contribution in [0.4, 0.5) is 5.82 Å². The smallest absolute Gasteiger partial charge is 0.344 e. The fourth-order valence-corrected chi connectivity index (χ4v) is 2.00. The zero-order chi connectivity index (χ0) is 13.7. The summed E-state index contributed by atoms with van der Waals surface area (Å²) in [6.07, 6.45) is 3.82. The Kier molecular flexibility index (Phi) is 4.33. The van der Waals surface area contributed by atoms with Gasteiger partial charge in [0.25, 0.3) is 0 Å². The van der Waals surface area contributed by atoms with Gasteiger partial charge < -0.3 is 14.4 Å². The molecule has 1 fully saturated rings. The Labute approximate surface area is 111 Å². The van der Waals surface area contributed by atoms with Crippen LogP contribution in [-0.4, -0.2) is 43.7 Å². The van der Waals surface area contributed by atoms with Crippen molar-refractivity contribution in [2.24, 2.45) is 0 Å². The predicted octanol–water partition coefficient (Wildman–Crippen LogP) is 1.01. The quantitative estimate of drug-likeness (QED) is 0.756. The first-order chi connectivity index (χ1) is 9.22. The van der Waals surface area contributed by atoms with E-state index < -0.39 is 11.9 Å². The minimum Gasteiger partial charge on any atom is -0.466 e. The van der Waals surface area contributed by atoms with Crippen molar-refractivity contribution in [3.05, 3.63) is 23.9 Å². The molecule has 6 heteroatoms. The molecule has 1 aliphatic heterocycles. The highest BCUT2D eigenvalue weighted by Crippen LogP contribution is 2.22. The first-order valence-corrected chi connectivity index (χ1v) is 6.16. The molecular weight excluding hydrogens is 248 g/mol. The molecule has 1 aromatic rings.